The molecule has 11 nitrogen and oxygen atoms in total. The molecule has 1 aliphatic carbocycles. The molecule has 3 fully saturated rings. The second-order valence-corrected chi connectivity index (χ2v) is 12.9. The average molecular weight is 647 g/mol. The Morgan fingerprint density at radius 2 is 1.98 bits per heavy atom. The van der Waals surface area contributed by atoms with Gasteiger partial charge in [-0.15, -0.1) is 0 Å². The number of carbonyl (C=O) groups excluding carboxylic acids is 1. The van der Waals surface area contributed by atoms with Crippen LogP contribution in [0, 0.1) is 6.92 Å². The number of likely N-dealkylation sites (tertiary alicyclic amines) is 1. The Bertz CT molecular complexity index is 1700. The van der Waals surface area contributed by atoms with E-state index in [9.17, 15) is 18.0 Å². The van der Waals surface area contributed by atoms with Crippen molar-refractivity contribution in [3.05, 3.63) is 28.3 Å². The van der Waals surface area contributed by atoms with Crippen molar-refractivity contribution >= 4 is 40.0 Å². The number of fused-ring (bicyclic) bond motifs is 2. The number of likely N-dealkylation sites (N-methyl/N-ethyl adjacent to an activating group) is 1. The molecular weight excluding hydrogens is 613 g/mol. The average Bonchev–Trinajstić information content (AvgIpc) is 3.64. The quantitative estimate of drug-likeness (QED) is 0.423. The summed E-state index contributed by atoms with van der Waals surface area (Å²) in [6.45, 7) is 3.92. The van der Waals surface area contributed by atoms with Crippen LogP contribution in [0.3, 0.4) is 0 Å². The molecule has 0 unspecified atom stereocenters. The van der Waals surface area contributed by atoms with Gasteiger partial charge in [0.25, 0.3) is 0 Å². The van der Waals surface area contributed by atoms with Crippen LogP contribution >= 0.6 is 11.6 Å². The normalized spacial score (nSPS) is 22.6. The molecule has 1 aromatic carbocycles. The largest absolute Gasteiger partial charge is 0.489 e. The maximum absolute atomic E-state index is 14.4. The number of nitrogen functional groups attached to an aromatic ring is 1. The molecule has 15 heteroatoms. The first-order chi connectivity index (χ1) is 21.3. The number of nitrogens with two attached hydrogens (primary N) is 2. The van der Waals surface area contributed by atoms with Crippen LogP contribution < -0.4 is 25.8 Å². The predicted octanol–water partition coefficient (Wildman–Crippen LogP) is 3.63. The summed E-state index contributed by atoms with van der Waals surface area (Å²) in [7, 11) is 2.03. The number of carbonyl (C=O) groups is 1. The SMILES string of the molecule is Cc1cc(N)nc(-c2cc3nc(OC[C@@H]4CCCN4C)nc4c3c(c2Cl)OC[C@@H]2CN(C(=O)C3(N)CC3)CCN42)c1C(F)(F)F. The molecule has 5 heterocycles. The number of benzene rings is 1. The molecular formula is C30H34ClF3N8O3. The van der Waals surface area contributed by atoms with Crippen LogP contribution in [0.5, 0.6) is 11.8 Å². The lowest BCUT2D eigenvalue weighted by Crippen LogP contribution is -2.59. The van der Waals surface area contributed by atoms with Gasteiger partial charge in [0.15, 0.2) is 5.75 Å². The highest BCUT2D eigenvalue weighted by Gasteiger charge is 2.50. The topological polar surface area (TPSA) is 136 Å². The van der Waals surface area contributed by atoms with Gasteiger partial charge < -0.3 is 35.6 Å². The molecule has 0 radical (unpaired) electrons. The van der Waals surface area contributed by atoms with Crippen molar-refractivity contribution in [1.82, 2.24) is 24.8 Å². The number of piperazine rings is 1. The van der Waals surface area contributed by atoms with Gasteiger partial charge in [-0.05, 0) is 63.9 Å². The molecule has 3 aliphatic heterocycles. The third kappa shape index (κ3) is 5.26. The summed E-state index contributed by atoms with van der Waals surface area (Å²) in [6.07, 6.45) is -1.41. The zero-order valence-corrected chi connectivity index (χ0v) is 25.7. The first kappa shape index (κ1) is 30.1. The Hall–Kier alpha value is -3.62. The van der Waals surface area contributed by atoms with Gasteiger partial charge in [0.1, 0.15) is 24.8 Å². The van der Waals surface area contributed by atoms with Crippen LogP contribution in [-0.2, 0) is 11.0 Å². The van der Waals surface area contributed by atoms with Crippen LogP contribution in [0.1, 0.15) is 36.8 Å². The van der Waals surface area contributed by atoms with Gasteiger partial charge >= 0.3 is 12.2 Å². The van der Waals surface area contributed by atoms with Crippen molar-refractivity contribution in [2.45, 2.75) is 56.4 Å². The molecule has 3 aromatic rings. The van der Waals surface area contributed by atoms with Gasteiger partial charge in [0.05, 0.1) is 38.8 Å². The molecule has 4 aliphatic rings. The maximum Gasteiger partial charge on any atom is 0.418 e. The number of alkyl halides is 3. The van der Waals surface area contributed by atoms with Crippen LogP contribution in [0.4, 0.5) is 24.8 Å². The molecule has 0 bridgehead atoms. The van der Waals surface area contributed by atoms with Crippen LogP contribution in [0.15, 0.2) is 12.1 Å². The Kier molecular flexibility index (Phi) is 7.17. The summed E-state index contributed by atoms with van der Waals surface area (Å²) in [4.78, 5) is 32.7. The second-order valence-electron chi connectivity index (χ2n) is 12.5. The molecule has 45 heavy (non-hydrogen) atoms. The molecule has 2 aromatic heterocycles. The van der Waals surface area contributed by atoms with E-state index in [1.165, 1.54) is 19.1 Å². The minimum absolute atomic E-state index is 0.0245. The van der Waals surface area contributed by atoms with E-state index < -0.39 is 23.0 Å². The van der Waals surface area contributed by atoms with Crippen molar-refractivity contribution in [3.8, 4) is 23.0 Å². The highest BCUT2D eigenvalue weighted by Crippen LogP contribution is 2.49. The summed E-state index contributed by atoms with van der Waals surface area (Å²) in [6, 6.07) is 2.58. The van der Waals surface area contributed by atoms with Crippen LogP contribution in [0.2, 0.25) is 5.02 Å². The molecule has 0 spiro atoms. The van der Waals surface area contributed by atoms with E-state index in [1.54, 1.807) is 4.90 Å². The number of pyridine rings is 1. The Morgan fingerprint density at radius 1 is 1.20 bits per heavy atom. The van der Waals surface area contributed by atoms with Crippen molar-refractivity contribution < 1.29 is 27.4 Å². The van der Waals surface area contributed by atoms with E-state index in [1.807, 2.05) is 11.9 Å². The first-order valence-corrected chi connectivity index (χ1v) is 15.4. The minimum Gasteiger partial charge on any atom is -0.489 e. The number of aromatic nitrogens is 3. The Labute approximate surface area is 262 Å². The van der Waals surface area contributed by atoms with Gasteiger partial charge in [-0.1, -0.05) is 11.6 Å². The number of hydrogen-bond acceptors (Lipinski definition) is 10. The number of hydrogen-bond donors (Lipinski definition) is 2. The highest BCUT2D eigenvalue weighted by molar-refractivity contribution is 6.36. The zero-order valence-electron chi connectivity index (χ0n) is 25.0. The lowest BCUT2D eigenvalue weighted by molar-refractivity contribution is -0.137. The summed E-state index contributed by atoms with van der Waals surface area (Å²) < 4.78 is 55.6. The third-order valence-electron chi connectivity index (χ3n) is 9.37. The highest BCUT2D eigenvalue weighted by atomic mass is 35.5. The zero-order chi connectivity index (χ0) is 31.8. The van der Waals surface area contributed by atoms with E-state index in [2.05, 4.69) is 14.9 Å². The lowest BCUT2D eigenvalue weighted by Gasteiger charge is -2.41. The maximum atomic E-state index is 14.4. The van der Waals surface area contributed by atoms with Crippen molar-refractivity contribution in [1.29, 1.82) is 0 Å². The molecule has 1 saturated carbocycles. The number of nitrogens with zero attached hydrogens (tertiary/aromatic N) is 6. The van der Waals surface area contributed by atoms with E-state index in [-0.39, 0.29) is 63.8 Å². The molecule has 4 N–H and O–H groups in total. The van der Waals surface area contributed by atoms with E-state index in [0.29, 0.717) is 50.3 Å². The molecule has 7 rings (SSSR count). The number of amides is 1. The van der Waals surface area contributed by atoms with Gasteiger partial charge in [-0.3, -0.25) is 4.79 Å². The summed E-state index contributed by atoms with van der Waals surface area (Å²) in [5, 5.41) is 0.381. The summed E-state index contributed by atoms with van der Waals surface area (Å²) in [5.41, 5.74) is 10.2. The minimum atomic E-state index is -4.73. The van der Waals surface area contributed by atoms with Crippen LogP contribution in [-0.4, -0.2) is 94.7 Å². The van der Waals surface area contributed by atoms with Gasteiger partial charge in [0.2, 0.25) is 5.91 Å². The summed E-state index contributed by atoms with van der Waals surface area (Å²) >= 11 is 6.91. The van der Waals surface area contributed by atoms with E-state index in [0.717, 1.165) is 19.4 Å². The third-order valence-corrected chi connectivity index (χ3v) is 9.74. The molecule has 2 saturated heterocycles. The smallest absolute Gasteiger partial charge is 0.418 e. The van der Waals surface area contributed by atoms with Crippen molar-refractivity contribution in [2.75, 3.05) is 57.1 Å². The number of aryl methyl sites for hydroxylation is 1. The Balaban J connectivity index is 1.36. The van der Waals surface area contributed by atoms with Crippen molar-refractivity contribution in [3.63, 3.8) is 0 Å². The van der Waals surface area contributed by atoms with Crippen LogP contribution in [0.25, 0.3) is 22.2 Å². The van der Waals surface area contributed by atoms with Gasteiger partial charge in [-0.2, -0.15) is 23.1 Å². The number of rotatable bonds is 5. The van der Waals surface area contributed by atoms with Crippen molar-refractivity contribution in [2.24, 2.45) is 5.73 Å². The van der Waals surface area contributed by atoms with Gasteiger partial charge in [-0.25, -0.2) is 4.98 Å². The standard InChI is InChI=1S/C30H34ClF3N8O3/c1-15-10-20(35)38-24(22(15)30(32,33)34)18-11-19-21-25(23(18)31)44-14-17-12-41(27(43)29(36)5-6-29)8-9-42(17)26(21)39-28(37-19)45-13-16-4-3-7-40(16)2/h10-11,16-17H,3-9,12-14,36H2,1-2H3,(H2,35,38)/t16-,17-/m0/s1. The number of ether oxygens (including phenoxy) is 2. The monoisotopic (exact) mass is 646 g/mol. The second kappa shape index (κ2) is 10.7. The lowest BCUT2D eigenvalue weighted by atomic mass is 9.99. The fraction of sp³-hybridized carbons (Fsp3) is 0.533. The molecule has 1 amide bonds. The fourth-order valence-electron chi connectivity index (χ4n) is 6.70. The predicted molar refractivity (Wildman–Crippen MR) is 162 cm³/mol. The summed E-state index contributed by atoms with van der Waals surface area (Å²) in [5.74, 6) is 0.446. The van der Waals surface area contributed by atoms with E-state index >= 15 is 0 Å². The molecule has 240 valence electrons. The van der Waals surface area contributed by atoms with E-state index in [4.69, 9.17) is 37.5 Å². The van der Waals surface area contributed by atoms with Gasteiger partial charge in [0, 0.05) is 31.2 Å². The number of halogens is 4. The number of anilines is 2. The fourth-order valence-corrected chi connectivity index (χ4v) is 6.99. The first-order valence-electron chi connectivity index (χ1n) is 15.0. The Morgan fingerprint density at radius 3 is 2.67 bits per heavy atom. The molecule has 2 atom stereocenters.